The Balaban J connectivity index is 1.76. The number of aromatic nitrogens is 1. The summed E-state index contributed by atoms with van der Waals surface area (Å²) >= 11 is 0. The molecular formula is C22H23N3O3S. The van der Waals surface area contributed by atoms with Gasteiger partial charge in [-0.1, -0.05) is 36.4 Å². The fourth-order valence-corrected chi connectivity index (χ4v) is 4.67. The summed E-state index contributed by atoms with van der Waals surface area (Å²) in [5.41, 5.74) is 2.60. The predicted molar refractivity (Wildman–Crippen MR) is 112 cm³/mol. The third-order valence-electron chi connectivity index (χ3n) is 4.86. The van der Waals surface area contributed by atoms with Gasteiger partial charge in [-0.2, -0.15) is 0 Å². The minimum Gasteiger partial charge on any atom is -0.349 e. The summed E-state index contributed by atoms with van der Waals surface area (Å²) in [4.78, 5) is 12.5. The molecule has 0 aliphatic heterocycles. The first kappa shape index (κ1) is 19.4. The van der Waals surface area contributed by atoms with Crippen molar-refractivity contribution in [1.29, 1.82) is 0 Å². The molecular weight excluding hydrogens is 386 g/mol. The van der Waals surface area contributed by atoms with Gasteiger partial charge in [-0.05, 0) is 55.3 Å². The Bertz CT molecular complexity index is 1130. The largest absolute Gasteiger partial charge is 0.349 e. The lowest BCUT2D eigenvalue weighted by Gasteiger charge is -2.12. The Labute approximate surface area is 170 Å². The summed E-state index contributed by atoms with van der Waals surface area (Å²) in [6.07, 6.45) is 3.58. The van der Waals surface area contributed by atoms with E-state index in [1.807, 2.05) is 43.4 Å². The highest BCUT2D eigenvalue weighted by Crippen LogP contribution is 2.27. The Morgan fingerprint density at radius 3 is 2.52 bits per heavy atom. The first-order valence-electron chi connectivity index (χ1n) is 9.57. The lowest BCUT2D eigenvalue weighted by Crippen LogP contribution is -2.25. The van der Waals surface area contributed by atoms with Crippen molar-refractivity contribution in [2.75, 3.05) is 7.05 Å². The maximum atomic E-state index is 13.5. The molecule has 0 radical (unpaired) electrons. The van der Waals surface area contributed by atoms with E-state index in [1.165, 1.54) is 16.1 Å². The standard InChI is InChI=1S/C22H23N3O3S/c1-23-14-16-12-21(17-6-3-2-4-7-17)25(15-16)29(27,28)20-9-5-8-18(13-20)22(26)24-19-10-11-19/h2-9,12-13,15,19,23H,10-11,14H2,1H3,(H,24,26). The molecule has 0 bridgehead atoms. The Morgan fingerprint density at radius 2 is 1.83 bits per heavy atom. The van der Waals surface area contributed by atoms with Crippen LogP contribution in [0, 0.1) is 0 Å². The number of hydrogen-bond donors (Lipinski definition) is 2. The summed E-state index contributed by atoms with van der Waals surface area (Å²) in [5.74, 6) is -0.240. The second-order valence-corrected chi connectivity index (χ2v) is 9.02. The van der Waals surface area contributed by atoms with E-state index in [9.17, 15) is 13.2 Å². The zero-order chi connectivity index (χ0) is 20.4. The fraction of sp³-hybridized carbons (Fsp3) is 0.227. The van der Waals surface area contributed by atoms with Gasteiger partial charge in [0.05, 0.1) is 10.6 Å². The number of benzene rings is 2. The molecule has 6 nitrogen and oxygen atoms in total. The summed E-state index contributed by atoms with van der Waals surface area (Å²) in [6, 6.07) is 17.7. The molecule has 0 unspecified atom stereocenters. The van der Waals surface area contributed by atoms with E-state index in [-0.39, 0.29) is 16.8 Å². The molecule has 7 heteroatoms. The van der Waals surface area contributed by atoms with Crippen molar-refractivity contribution in [3.63, 3.8) is 0 Å². The molecule has 1 fully saturated rings. The third kappa shape index (κ3) is 4.11. The maximum absolute atomic E-state index is 13.5. The summed E-state index contributed by atoms with van der Waals surface area (Å²) in [7, 11) is -2.06. The Kier molecular flexibility index (Phi) is 5.25. The highest BCUT2D eigenvalue weighted by molar-refractivity contribution is 7.90. The highest BCUT2D eigenvalue weighted by Gasteiger charge is 2.26. The van der Waals surface area contributed by atoms with Crippen LogP contribution in [0.2, 0.25) is 0 Å². The first-order chi connectivity index (χ1) is 14.0. The number of hydrogen-bond acceptors (Lipinski definition) is 4. The maximum Gasteiger partial charge on any atom is 0.268 e. The van der Waals surface area contributed by atoms with Crippen LogP contribution in [0.5, 0.6) is 0 Å². The van der Waals surface area contributed by atoms with Gasteiger partial charge < -0.3 is 10.6 Å². The molecule has 4 rings (SSSR count). The molecule has 150 valence electrons. The van der Waals surface area contributed by atoms with Gasteiger partial charge in [0.1, 0.15) is 0 Å². The van der Waals surface area contributed by atoms with Gasteiger partial charge in [-0.3, -0.25) is 4.79 Å². The van der Waals surface area contributed by atoms with E-state index < -0.39 is 10.0 Å². The number of rotatable bonds is 7. The molecule has 1 amide bonds. The van der Waals surface area contributed by atoms with Gasteiger partial charge >= 0.3 is 0 Å². The van der Waals surface area contributed by atoms with E-state index in [2.05, 4.69) is 10.6 Å². The molecule has 1 aliphatic rings. The van der Waals surface area contributed by atoms with E-state index in [4.69, 9.17) is 0 Å². The molecule has 2 aromatic carbocycles. The molecule has 1 aliphatic carbocycles. The summed E-state index contributed by atoms with van der Waals surface area (Å²) < 4.78 is 28.2. The van der Waals surface area contributed by atoms with Crippen molar-refractivity contribution >= 4 is 15.9 Å². The quantitative estimate of drug-likeness (QED) is 0.629. The predicted octanol–water partition coefficient (Wildman–Crippen LogP) is 3.00. The van der Waals surface area contributed by atoms with Crippen molar-refractivity contribution in [1.82, 2.24) is 14.6 Å². The van der Waals surface area contributed by atoms with Crippen LogP contribution in [0.3, 0.4) is 0 Å². The van der Waals surface area contributed by atoms with Crippen LogP contribution in [-0.2, 0) is 16.6 Å². The van der Waals surface area contributed by atoms with Crippen molar-refractivity contribution in [3.8, 4) is 11.3 Å². The van der Waals surface area contributed by atoms with Crippen molar-refractivity contribution in [2.24, 2.45) is 0 Å². The van der Waals surface area contributed by atoms with Crippen molar-refractivity contribution in [2.45, 2.75) is 30.3 Å². The molecule has 1 aromatic heterocycles. The molecule has 0 atom stereocenters. The van der Waals surface area contributed by atoms with Crippen LogP contribution in [0.4, 0.5) is 0 Å². The van der Waals surface area contributed by atoms with Crippen LogP contribution in [-0.4, -0.2) is 31.4 Å². The fourth-order valence-electron chi connectivity index (χ4n) is 3.22. The van der Waals surface area contributed by atoms with E-state index in [0.717, 1.165) is 24.0 Å². The van der Waals surface area contributed by atoms with Gasteiger partial charge in [-0.15, -0.1) is 0 Å². The lowest BCUT2D eigenvalue weighted by atomic mass is 10.1. The average Bonchev–Trinajstić information content (AvgIpc) is 3.44. The summed E-state index contributed by atoms with van der Waals surface area (Å²) in [5, 5.41) is 5.95. The number of nitrogens with one attached hydrogen (secondary N) is 2. The van der Waals surface area contributed by atoms with Crippen LogP contribution < -0.4 is 10.6 Å². The molecule has 1 saturated carbocycles. The lowest BCUT2D eigenvalue weighted by molar-refractivity contribution is 0.0951. The third-order valence-corrected chi connectivity index (χ3v) is 6.53. The number of amides is 1. The first-order valence-corrected chi connectivity index (χ1v) is 11.0. The van der Waals surface area contributed by atoms with Crippen LogP contribution >= 0.6 is 0 Å². The molecule has 2 N–H and O–H groups in total. The zero-order valence-electron chi connectivity index (χ0n) is 16.1. The average molecular weight is 410 g/mol. The number of carbonyl (C=O) groups is 1. The molecule has 3 aromatic rings. The van der Waals surface area contributed by atoms with Crippen LogP contribution in [0.25, 0.3) is 11.3 Å². The number of carbonyl (C=O) groups excluding carboxylic acids is 1. The van der Waals surface area contributed by atoms with Gasteiger partial charge in [0.2, 0.25) is 0 Å². The normalized spacial score (nSPS) is 14.0. The summed E-state index contributed by atoms with van der Waals surface area (Å²) in [6.45, 7) is 0.548. The smallest absolute Gasteiger partial charge is 0.268 e. The second kappa shape index (κ2) is 7.85. The van der Waals surface area contributed by atoms with Gasteiger partial charge in [0, 0.05) is 24.3 Å². The van der Waals surface area contributed by atoms with Gasteiger partial charge in [0.15, 0.2) is 0 Å². The van der Waals surface area contributed by atoms with Crippen molar-refractivity contribution in [3.05, 3.63) is 78.0 Å². The van der Waals surface area contributed by atoms with Crippen molar-refractivity contribution < 1.29 is 13.2 Å². The van der Waals surface area contributed by atoms with E-state index in [0.29, 0.717) is 17.8 Å². The van der Waals surface area contributed by atoms with Crippen LogP contribution in [0.15, 0.2) is 71.8 Å². The van der Waals surface area contributed by atoms with Gasteiger partial charge in [-0.25, -0.2) is 12.4 Å². The molecule has 1 heterocycles. The Morgan fingerprint density at radius 1 is 1.07 bits per heavy atom. The van der Waals surface area contributed by atoms with Crippen LogP contribution in [0.1, 0.15) is 28.8 Å². The molecule has 29 heavy (non-hydrogen) atoms. The zero-order valence-corrected chi connectivity index (χ0v) is 16.9. The SMILES string of the molecule is CNCc1cc(-c2ccccc2)n(S(=O)(=O)c2cccc(C(=O)NC3CC3)c2)c1. The molecule has 0 saturated heterocycles. The minimum absolute atomic E-state index is 0.0877. The topological polar surface area (TPSA) is 80.2 Å². The van der Waals surface area contributed by atoms with Gasteiger partial charge in [0.25, 0.3) is 15.9 Å². The second-order valence-electron chi connectivity index (χ2n) is 7.21. The molecule has 0 spiro atoms. The van der Waals surface area contributed by atoms with E-state index >= 15 is 0 Å². The van der Waals surface area contributed by atoms with E-state index in [1.54, 1.807) is 18.3 Å². The Hall–Kier alpha value is -2.90. The monoisotopic (exact) mass is 409 g/mol. The highest BCUT2D eigenvalue weighted by atomic mass is 32.2. The number of nitrogens with zero attached hydrogens (tertiary/aromatic N) is 1. The minimum atomic E-state index is -3.88.